The molecule has 0 radical (unpaired) electrons. The number of likely N-dealkylation sites (N-methyl/N-ethyl adjacent to an activating group) is 1. The summed E-state index contributed by atoms with van der Waals surface area (Å²) in [4.78, 5) is 32.2. The van der Waals surface area contributed by atoms with Crippen molar-refractivity contribution in [2.75, 3.05) is 52.4 Å². The molecule has 9 heteroatoms. The Hall–Kier alpha value is -2.13. The van der Waals surface area contributed by atoms with E-state index in [2.05, 4.69) is 29.0 Å². The lowest BCUT2D eigenvalue weighted by molar-refractivity contribution is -0.137. The molecule has 1 aromatic carbocycles. The maximum atomic E-state index is 13.2. The Morgan fingerprint density at radius 3 is 2.15 bits per heavy atom. The highest BCUT2D eigenvalue weighted by molar-refractivity contribution is 5.94. The average Bonchev–Trinajstić information content (AvgIpc) is 3.36. The summed E-state index contributed by atoms with van der Waals surface area (Å²) in [5, 5.41) is 3.14. The van der Waals surface area contributed by atoms with Gasteiger partial charge in [-0.2, -0.15) is 13.2 Å². The molecule has 1 aliphatic heterocycles. The van der Waals surface area contributed by atoms with Gasteiger partial charge in [-0.1, -0.05) is 26.7 Å². The lowest BCUT2D eigenvalue weighted by Crippen LogP contribution is -2.58. The van der Waals surface area contributed by atoms with Crippen molar-refractivity contribution in [2.24, 2.45) is 5.92 Å². The van der Waals surface area contributed by atoms with Crippen molar-refractivity contribution < 1.29 is 22.8 Å². The number of carbonyl (C=O) groups excluding carboxylic acids is 2. The van der Waals surface area contributed by atoms with Crippen molar-refractivity contribution in [1.29, 1.82) is 0 Å². The number of carbonyl (C=O) groups is 2. The van der Waals surface area contributed by atoms with Gasteiger partial charge in [0.2, 0.25) is 5.91 Å². The third kappa shape index (κ3) is 6.72. The fraction of sp³-hybridized carbons (Fsp3) is 0.680. The van der Waals surface area contributed by atoms with E-state index in [4.69, 9.17) is 0 Å². The van der Waals surface area contributed by atoms with Crippen LogP contribution in [0.2, 0.25) is 0 Å². The number of amides is 2. The molecule has 3 rings (SSSR count). The van der Waals surface area contributed by atoms with Crippen LogP contribution in [-0.2, 0) is 11.0 Å². The molecule has 1 heterocycles. The summed E-state index contributed by atoms with van der Waals surface area (Å²) < 4.78 is 38.4. The molecular formula is C25H37F3N4O2. The van der Waals surface area contributed by atoms with E-state index in [-0.39, 0.29) is 23.4 Å². The predicted octanol–water partition coefficient (Wildman–Crippen LogP) is 3.48. The molecule has 2 aliphatic rings. The minimum atomic E-state index is -4.42. The molecule has 1 atom stereocenters. The lowest BCUT2D eigenvalue weighted by atomic mass is 9.95. The van der Waals surface area contributed by atoms with Crippen molar-refractivity contribution in [3.05, 3.63) is 35.4 Å². The zero-order valence-corrected chi connectivity index (χ0v) is 20.2. The number of alkyl halides is 3. The number of rotatable bonds is 9. The first-order valence-corrected chi connectivity index (χ1v) is 12.4. The first kappa shape index (κ1) is 26.5. The van der Waals surface area contributed by atoms with Gasteiger partial charge in [0.1, 0.15) is 0 Å². The number of hydrogen-bond donors (Lipinski definition) is 1. The SMILES string of the molecule is CCN(CC)CCNC(=O)[C@H](C1CCCC1)N1CCN(C(=O)c2ccc(C(F)(F)F)cc2)CC1. The number of hydrogen-bond acceptors (Lipinski definition) is 4. The van der Waals surface area contributed by atoms with Crippen LogP contribution >= 0.6 is 0 Å². The molecule has 0 spiro atoms. The van der Waals surface area contributed by atoms with E-state index in [1.54, 1.807) is 4.90 Å². The quantitative estimate of drug-likeness (QED) is 0.586. The van der Waals surface area contributed by atoms with Crippen LogP contribution in [-0.4, -0.2) is 84.9 Å². The third-order valence-electron chi connectivity index (χ3n) is 7.19. The highest BCUT2D eigenvalue weighted by Gasteiger charge is 2.37. The monoisotopic (exact) mass is 482 g/mol. The third-order valence-corrected chi connectivity index (χ3v) is 7.19. The zero-order chi connectivity index (χ0) is 24.7. The molecule has 1 N–H and O–H groups in total. The van der Waals surface area contributed by atoms with Gasteiger partial charge in [0.25, 0.3) is 5.91 Å². The molecule has 2 amide bonds. The molecule has 190 valence electrons. The Bertz CT molecular complexity index is 797. The molecule has 1 aromatic rings. The van der Waals surface area contributed by atoms with Crippen molar-refractivity contribution in [3.63, 3.8) is 0 Å². The Labute approximate surface area is 200 Å². The van der Waals surface area contributed by atoms with Crippen LogP contribution in [0.25, 0.3) is 0 Å². The van der Waals surface area contributed by atoms with Gasteiger partial charge in [-0.15, -0.1) is 0 Å². The van der Waals surface area contributed by atoms with Gasteiger partial charge in [0.15, 0.2) is 0 Å². The first-order valence-electron chi connectivity index (χ1n) is 12.4. The molecule has 34 heavy (non-hydrogen) atoms. The molecule has 1 aliphatic carbocycles. The topological polar surface area (TPSA) is 55.9 Å². The molecule has 1 saturated carbocycles. The number of piperazine rings is 1. The van der Waals surface area contributed by atoms with Crippen LogP contribution in [0, 0.1) is 5.92 Å². The number of benzene rings is 1. The second kappa shape index (κ2) is 12.0. The average molecular weight is 483 g/mol. The van der Waals surface area contributed by atoms with Crippen molar-refractivity contribution >= 4 is 11.8 Å². The molecule has 2 fully saturated rings. The molecule has 1 saturated heterocycles. The zero-order valence-electron chi connectivity index (χ0n) is 20.2. The van der Waals surface area contributed by atoms with Gasteiger partial charge >= 0.3 is 6.18 Å². The molecule has 0 unspecified atom stereocenters. The second-order valence-corrected chi connectivity index (χ2v) is 9.21. The predicted molar refractivity (Wildman–Crippen MR) is 125 cm³/mol. The van der Waals surface area contributed by atoms with Crippen molar-refractivity contribution in [1.82, 2.24) is 20.0 Å². The summed E-state index contributed by atoms with van der Waals surface area (Å²) in [6.07, 6.45) is -0.0629. The van der Waals surface area contributed by atoms with Crippen molar-refractivity contribution in [3.8, 4) is 0 Å². The van der Waals surface area contributed by atoms with E-state index in [1.807, 2.05) is 0 Å². The summed E-state index contributed by atoms with van der Waals surface area (Å²) in [5.41, 5.74) is -0.511. The van der Waals surface area contributed by atoms with Crippen LogP contribution in [0.15, 0.2) is 24.3 Å². The summed E-state index contributed by atoms with van der Waals surface area (Å²) in [7, 11) is 0. The highest BCUT2D eigenvalue weighted by atomic mass is 19.4. The van der Waals surface area contributed by atoms with Crippen LogP contribution in [0.3, 0.4) is 0 Å². The summed E-state index contributed by atoms with van der Waals surface area (Å²) in [5.74, 6) is 0.127. The molecule has 0 aromatic heterocycles. The Balaban J connectivity index is 1.58. The molecular weight excluding hydrogens is 445 g/mol. The second-order valence-electron chi connectivity index (χ2n) is 9.21. The van der Waals surface area contributed by atoms with Crippen LogP contribution in [0.4, 0.5) is 13.2 Å². The number of nitrogens with zero attached hydrogens (tertiary/aromatic N) is 3. The van der Waals surface area contributed by atoms with Gasteiger partial charge in [0.05, 0.1) is 11.6 Å². The smallest absolute Gasteiger partial charge is 0.353 e. The van der Waals surface area contributed by atoms with Gasteiger partial charge < -0.3 is 15.1 Å². The Morgan fingerprint density at radius 1 is 1.03 bits per heavy atom. The largest absolute Gasteiger partial charge is 0.416 e. The number of halogens is 3. The normalized spacial score (nSPS) is 18.9. The van der Waals surface area contributed by atoms with Crippen LogP contribution in [0.1, 0.15) is 55.5 Å². The molecule has 6 nitrogen and oxygen atoms in total. The highest BCUT2D eigenvalue weighted by Crippen LogP contribution is 2.32. The minimum absolute atomic E-state index is 0.0709. The fourth-order valence-electron chi connectivity index (χ4n) is 5.12. The van der Waals surface area contributed by atoms with Crippen molar-refractivity contribution in [2.45, 2.75) is 51.7 Å². The van der Waals surface area contributed by atoms with E-state index in [0.717, 1.165) is 57.5 Å². The Kier molecular flexibility index (Phi) is 9.36. The van der Waals surface area contributed by atoms with E-state index in [1.165, 1.54) is 12.1 Å². The van der Waals surface area contributed by atoms with E-state index in [9.17, 15) is 22.8 Å². The summed E-state index contributed by atoms with van der Waals surface area (Å²) in [6.45, 7) is 9.64. The summed E-state index contributed by atoms with van der Waals surface area (Å²) >= 11 is 0. The van der Waals surface area contributed by atoms with E-state index in [0.29, 0.717) is 38.6 Å². The Morgan fingerprint density at radius 2 is 1.62 bits per heavy atom. The molecule has 0 bridgehead atoms. The lowest BCUT2D eigenvalue weighted by Gasteiger charge is -2.41. The summed E-state index contributed by atoms with van der Waals surface area (Å²) in [6, 6.07) is 4.18. The minimum Gasteiger partial charge on any atom is -0.353 e. The van der Waals surface area contributed by atoms with Gasteiger partial charge in [-0.3, -0.25) is 14.5 Å². The van der Waals surface area contributed by atoms with Gasteiger partial charge in [0, 0.05) is 44.8 Å². The number of nitrogens with one attached hydrogen (secondary N) is 1. The van der Waals surface area contributed by atoms with Crippen LogP contribution < -0.4 is 5.32 Å². The van der Waals surface area contributed by atoms with Crippen LogP contribution in [0.5, 0.6) is 0 Å². The standard InChI is InChI=1S/C25H37F3N4O2/c1-3-30(4-2)14-13-29-23(33)22(19-7-5-6-8-19)31-15-17-32(18-16-31)24(34)20-9-11-21(12-10-20)25(26,27)28/h9-12,19,22H,3-8,13-18H2,1-2H3,(H,29,33)/t22-/m0/s1. The van der Waals surface area contributed by atoms with Gasteiger partial charge in [-0.05, 0) is 56.1 Å². The van der Waals surface area contributed by atoms with Gasteiger partial charge in [-0.25, -0.2) is 0 Å². The maximum Gasteiger partial charge on any atom is 0.416 e. The van der Waals surface area contributed by atoms with E-state index < -0.39 is 11.7 Å². The maximum absolute atomic E-state index is 13.2. The van der Waals surface area contributed by atoms with E-state index >= 15 is 0 Å². The first-order chi connectivity index (χ1) is 16.2. The fourth-order valence-corrected chi connectivity index (χ4v) is 5.12.